The number of carbonyl (C=O) groups excluding carboxylic acids is 1. The Balaban J connectivity index is 2.30. The fourth-order valence-electron chi connectivity index (χ4n) is 1.77. The average Bonchev–Trinajstić information content (AvgIpc) is 2.82. The van der Waals surface area contributed by atoms with Gasteiger partial charge >= 0.3 is 5.97 Å². The predicted molar refractivity (Wildman–Crippen MR) is 84.1 cm³/mol. The van der Waals surface area contributed by atoms with Gasteiger partial charge < -0.3 is 14.8 Å². The second-order valence-electron chi connectivity index (χ2n) is 4.17. The second kappa shape index (κ2) is 6.78. The molecule has 0 saturated carbocycles. The number of carbonyl (C=O) groups is 1. The van der Waals surface area contributed by atoms with Crippen molar-refractivity contribution in [2.75, 3.05) is 19.0 Å². The Kier molecular flexibility index (Phi) is 5.03. The minimum atomic E-state index is -0.382. The van der Waals surface area contributed by atoms with Gasteiger partial charge in [-0.25, -0.2) is 4.79 Å². The van der Waals surface area contributed by atoms with E-state index in [1.54, 1.807) is 39.2 Å². The maximum atomic E-state index is 12.0. The van der Waals surface area contributed by atoms with E-state index in [1.165, 1.54) is 11.5 Å². The van der Waals surface area contributed by atoms with Crippen molar-refractivity contribution < 1.29 is 14.3 Å². The molecule has 1 aromatic carbocycles. The Bertz CT molecular complexity index is 658. The molecule has 0 unspecified atom stereocenters. The van der Waals surface area contributed by atoms with Crippen molar-refractivity contribution in [1.82, 2.24) is 4.37 Å². The van der Waals surface area contributed by atoms with E-state index >= 15 is 0 Å². The highest BCUT2D eigenvalue weighted by atomic mass is 35.5. The van der Waals surface area contributed by atoms with E-state index in [9.17, 15) is 4.79 Å². The van der Waals surface area contributed by atoms with E-state index in [-0.39, 0.29) is 5.97 Å². The zero-order chi connectivity index (χ0) is 15.4. The van der Waals surface area contributed by atoms with Crippen LogP contribution in [0, 0.1) is 6.92 Å². The molecule has 21 heavy (non-hydrogen) atoms. The van der Waals surface area contributed by atoms with Crippen LogP contribution in [0.15, 0.2) is 18.2 Å². The number of aromatic nitrogens is 1. The molecule has 0 saturated heterocycles. The molecule has 1 heterocycles. The largest absolute Gasteiger partial charge is 0.495 e. The fourth-order valence-corrected chi connectivity index (χ4v) is 2.77. The summed E-state index contributed by atoms with van der Waals surface area (Å²) in [6.07, 6.45) is 0. The number of methoxy groups -OCH3 is 1. The molecule has 112 valence electrons. The smallest absolute Gasteiger partial charge is 0.343 e. The summed E-state index contributed by atoms with van der Waals surface area (Å²) in [5, 5.41) is 4.31. The lowest BCUT2D eigenvalue weighted by Gasteiger charge is -2.09. The van der Waals surface area contributed by atoms with Crippen molar-refractivity contribution in [3.63, 3.8) is 0 Å². The number of rotatable bonds is 5. The van der Waals surface area contributed by atoms with E-state index < -0.39 is 0 Å². The Morgan fingerprint density at radius 1 is 1.48 bits per heavy atom. The van der Waals surface area contributed by atoms with Gasteiger partial charge in [-0.2, -0.15) is 4.37 Å². The summed E-state index contributed by atoms with van der Waals surface area (Å²) in [5.41, 5.74) is 1.85. The first-order chi connectivity index (χ1) is 10.1. The molecule has 0 aliphatic heterocycles. The van der Waals surface area contributed by atoms with Crippen molar-refractivity contribution in [1.29, 1.82) is 0 Å². The van der Waals surface area contributed by atoms with E-state index in [1.807, 2.05) is 0 Å². The average molecular weight is 327 g/mol. The van der Waals surface area contributed by atoms with Crippen LogP contribution < -0.4 is 10.1 Å². The SMILES string of the molecule is CCOC(=O)c1c(C)nsc1Nc1ccc(Cl)c(OC)c1. The zero-order valence-corrected chi connectivity index (χ0v) is 13.5. The summed E-state index contributed by atoms with van der Waals surface area (Å²) in [4.78, 5) is 12.0. The van der Waals surface area contributed by atoms with Crippen LogP contribution in [0.2, 0.25) is 5.02 Å². The van der Waals surface area contributed by atoms with Crippen LogP contribution in [0.25, 0.3) is 0 Å². The van der Waals surface area contributed by atoms with Gasteiger partial charge in [-0.1, -0.05) is 11.6 Å². The normalized spacial score (nSPS) is 10.3. The number of esters is 1. The summed E-state index contributed by atoms with van der Waals surface area (Å²) in [6, 6.07) is 5.28. The molecular weight excluding hydrogens is 312 g/mol. The summed E-state index contributed by atoms with van der Waals surface area (Å²) in [7, 11) is 1.55. The predicted octanol–water partition coefficient (Wildman–Crippen LogP) is 4.03. The van der Waals surface area contributed by atoms with Crippen molar-refractivity contribution >= 4 is 39.8 Å². The highest BCUT2D eigenvalue weighted by molar-refractivity contribution is 7.10. The van der Waals surface area contributed by atoms with Crippen LogP contribution in [0.5, 0.6) is 5.75 Å². The summed E-state index contributed by atoms with van der Waals surface area (Å²) in [5.74, 6) is 0.174. The Hall–Kier alpha value is -1.79. The van der Waals surface area contributed by atoms with Gasteiger partial charge in [-0.05, 0) is 37.5 Å². The first kappa shape index (κ1) is 15.6. The molecule has 1 N–H and O–H groups in total. The Morgan fingerprint density at radius 3 is 2.90 bits per heavy atom. The molecule has 0 bridgehead atoms. The molecule has 0 radical (unpaired) electrons. The van der Waals surface area contributed by atoms with Gasteiger partial charge in [0.1, 0.15) is 16.3 Å². The van der Waals surface area contributed by atoms with Gasteiger partial charge in [0.15, 0.2) is 0 Å². The number of aryl methyl sites for hydroxylation is 1. The molecule has 0 fully saturated rings. The molecule has 5 nitrogen and oxygen atoms in total. The van der Waals surface area contributed by atoms with Gasteiger partial charge in [0, 0.05) is 11.8 Å². The van der Waals surface area contributed by atoms with Crippen LogP contribution in [0.1, 0.15) is 23.0 Å². The van der Waals surface area contributed by atoms with Crippen LogP contribution in [-0.2, 0) is 4.74 Å². The van der Waals surface area contributed by atoms with E-state index in [0.717, 1.165) is 5.69 Å². The lowest BCUT2D eigenvalue weighted by molar-refractivity contribution is 0.0527. The first-order valence-electron chi connectivity index (χ1n) is 6.30. The third kappa shape index (κ3) is 3.46. The lowest BCUT2D eigenvalue weighted by Crippen LogP contribution is -2.07. The molecule has 0 aliphatic rings. The molecule has 2 aromatic rings. The number of halogens is 1. The number of hydrogen-bond acceptors (Lipinski definition) is 6. The number of anilines is 2. The van der Waals surface area contributed by atoms with Crippen molar-refractivity contribution in [2.24, 2.45) is 0 Å². The van der Waals surface area contributed by atoms with Crippen LogP contribution in [-0.4, -0.2) is 24.1 Å². The highest BCUT2D eigenvalue weighted by Crippen LogP contribution is 2.32. The summed E-state index contributed by atoms with van der Waals surface area (Å²) in [6.45, 7) is 3.86. The van der Waals surface area contributed by atoms with E-state index in [4.69, 9.17) is 21.1 Å². The Morgan fingerprint density at radius 2 is 2.24 bits per heavy atom. The Labute approximate surface area is 132 Å². The molecule has 7 heteroatoms. The molecule has 1 aromatic heterocycles. The molecule has 2 rings (SSSR count). The van der Waals surface area contributed by atoms with Crippen LogP contribution >= 0.6 is 23.1 Å². The van der Waals surface area contributed by atoms with Gasteiger partial charge in [0.2, 0.25) is 0 Å². The van der Waals surface area contributed by atoms with Crippen molar-refractivity contribution in [2.45, 2.75) is 13.8 Å². The second-order valence-corrected chi connectivity index (χ2v) is 5.35. The molecule has 0 atom stereocenters. The monoisotopic (exact) mass is 326 g/mol. The van der Waals surface area contributed by atoms with Crippen molar-refractivity contribution in [3.8, 4) is 5.75 Å². The molecule has 0 amide bonds. The van der Waals surface area contributed by atoms with Gasteiger partial charge in [-0.15, -0.1) is 0 Å². The quantitative estimate of drug-likeness (QED) is 0.840. The van der Waals surface area contributed by atoms with Gasteiger partial charge in [0.05, 0.1) is 24.4 Å². The molecule has 0 spiro atoms. The number of ether oxygens (including phenoxy) is 2. The maximum Gasteiger partial charge on any atom is 0.343 e. The van der Waals surface area contributed by atoms with Crippen molar-refractivity contribution in [3.05, 3.63) is 34.5 Å². The minimum Gasteiger partial charge on any atom is -0.495 e. The fraction of sp³-hybridized carbons (Fsp3) is 0.286. The standard InChI is InChI=1S/C14H15ClN2O3S/c1-4-20-14(18)12-8(2)17-21-13(12)16-9-5-6-10(15)11(7-9)19-3/h5-7,16H,4H2,1-3H3. The number of benzene rings is 1. The third-order valence-electron chi connectivity index (χ3n) is 2.75. The van der Waals surface area contributed by atoms with Crippen LogP contribution in [0.4, 0.5) is 10.7 Å². The lowest BCUT2D eigenvalue weighted by atomic mass is 10.2. The number of nitrogens with zero attached hydrogens (tertiary/aromatic N) is 1. The maximum absolute atomic E-state index is 12.0. The van der Waals surface area contributed by atoms with Gasteiger partial charge in [-0.3, -0.25) is 0 Å². The van der Waals surface area contributed by atoms with E-state index in [0.29, 0.717) is 33.6 Å². The van der Waals surface area contributed by atoms with Gasteiger partial charge in [0.25, 0.3) is 0 Å². The molecular formula is C14H15ClN2O3S. The minimum absolute atomic E-state index is 0.322. The summed E-state index contributed by atoms with van der Waals surface area (Å²) < 4.78 is 14.4. The third-order valence-corrected chi connectivity index (χ3v) is 3.92. The molecule has 0 aliphatic carbocycles. The summed E-state index contributed by atoms with van der Waals surface area (Å²) >= 11 is 7.20. The zero-order valence-electron chi connectivity index (χ0n) is 11.9. The van der Waals surface area contributed by atoms with E-state index in [2.05, 4.69) is 9.69 Å². The number of hydrogen-bond donors (Lipinski definition) is 1. The number of nitrogens with one attached hydrogen (secondary N) is 1. The topological polar surface area (TPSA) is 60.5 Å². The highest BCUT2D eigenvalue weighted by Gasteiger charge is 2.20. The van der Waals surface area contributed by atoms with Crippen LogP contribution in [0.3, 0.4) is 0 Å². The first-order valence-corrected chi connectivity index (χ1v) is 7.46.